The highest BCUT2D eigenvalue weighted by molar-refractivity contribution is 14.0. The lowest BCUT2D eigenvalue weighted by Crippen LogP contribution is -2.38. The van der Waals surface area contributed by atoms with Gasteiger partial charge in [0.15, 0.2) is 5.96 Å². The number of benzene rings is 1. The maximum Gasteiger partial charge on any atom is 0.191 e. The number of hydrogen-bond donors (Lipinski definition) is 2. The van der Waals surface area contributed by atoms with Gasteiger partial charge in [-0.3, -0.25) is 4.99 Å². The van der Waals surface area contributed by atoms with Crippen LogP contribution in [0.15, 0.2) is 53.8 Å². The molecule has 5 nitrogen and oxygen atoms in total. The van der Waals surface area contributed by atoms with Crippen LogP contribution in [0.25, 0.3) is 5.65 Å². The summed E-state index contributed by atoms with van der Waals surface area (Å²) >= 11 is 0. The van der Waals surface area contributed by atoms with Gasteiger partial charge in [-0.1, -0.05) is 24.3 Å². The fourth-order valence-corrected chi connectivity index (χ4v) is 2.97. The minimum Gasteiger partial charge on any atom is -0.357 e. The third-order valence-corrected chi connectivity index (χ3v) is 4.35. The predicted octanol–water partition coefficient (Wildman–Crippen LogP) is 3.74. The van der Waals surface area contributed by atoms with E-state index >= 15 is 0 Å². The molecule has 150 valence electrons. The summed E-state index contributed by atoms with van der Waals surface area (Å²) < 4.78 is 15.7. The number of fused-ring (bicyclic) bond motifs is 1. The molecule has 0 spiro atoms. The largest absolute Gasteiger partial charge is 0.357 e. The monoisotopic (exact) mass is 495 g/mol. The lowest BCUT2D eigenvalue weighted by molar-refractivity contribution is 0.606. The van der Waals surface area contributed by atoms with Gasteiger partial charge in [-0.25, -0.2) is 9.37 Å². The molecule has 0 saturated carbocycles. The highest BCUT2D eigenvalue weighted by Crippen LogP contribution is 2.10. The van der Waals surface area contributed by atoms with Crippen LogP contribution in [0.1, 0.15) is 23.7 Å². The lowest BCUT2D eigenvalue weighted by atomic mass is 10.1. The van der Waals surface area contributed by atoms with E-state index in [4.69, 9.17) is 0 Å². The van der Waals surface area contributed by atoms with Crippen molar-refractivity contribution in [1.29, 1.82) is 0 Å². The van der Waals surface area contributed by atoms with E-state index in [1.807, 2.05) is 35.7 Å². The second-order valence-electron chi connectivity index (χ2n) is 6.43. The van der Waals surface area contributed by atoms with Gasteiger partial charge in [0.25, 0.3) is 0 Å². The normalized spacial score (nSPS) is 11.3. The van der Waals surface area contributed by atoms with Crippen LogP contribution in [-0.4, -0.2) is 35.0 Å². The molecule has 0 amide bonds. The number of nitrogens with zero attached hydrogens (tertiary/aromatic N) is 3. The number of aromatic nitrogens is 2. The Bertz CT molecular complexity index is 922. The number of rotatable bonds is 7. The topological polar surface area (TPSA) is 53.7 Å². The minimum absolute atomic E-state index is 0. The van der Waals surface area contributed by atoms with E-state index in [0.29, 0.717) is 25.1 Å². The maximum atomic E-state index is 13.7. The molecule has 3 rings (SSSR count). The Hall–Kier alpha value is -2.16. The first-order valence-corrected chi connectivity index (χ1v) is 9.36. The first kappa shape index (κ1) is 22.1. The van der Waals surface area contributed by atoms with Crippen molar-refractivity contribution in [2.24, 2.45) is 4.99 Å². The molecule has 7 heteroatoms. The van der Waals surface area contributed by atoms with Crippen LogP contribution in [0.3, 0.4) is 0 Å². The summed E-state index contributed by atoms with van der Waals surface area (Å²) in [4.78, 5) is 9.28. The van der Waals surface area contributed by atoms with E-state index in [0.717, 1.165) is 35.8 Å². The van der Waals surface area contributed by atoms with Gasteiger partial charge in [-0.05, 0) is 43.5 Å². The summed E-state index contributed by atoms with van der Waals surface area (Å²) in [6.07, 6.45) is 5.45. The Labute approximate surface area is 182 Å². The van der Waals surface area contributed by atoms with Crippen LogP contribution < -0.4 is 10.6 Å². The Balaban J connectivity index is 0.00000280. The van der Waals surface area contributed by atoms with Crippen molar-refractivity contribution < 1.29 is 4.39 Å². The van der Waals surface area contributed by atoms with Gasteiger partial charge in [-0.2, -0.15) is 0 Å². The van der Waals surface area contributed by atoms with Crippen molar-refractivity contribution in [3.63, 3.8) is 0 Å². The smallest absolute Gasteiger partial charge is 0.191 e. The van der Waals surface area contributed by atoms with Crippen LogP contribution in [-0.2, 0) is 12.8 Å². The van der Waals surface area contributed by atoms with E-state index < -0.39 is 0 Å². The molecule has 1 aromatic carbocycles. The van der Waals surface area contributed by atoms with Crippen LogP contribution in [0.4, 0.5) is 4.39 Å². The SMILES string of the molecule is CCNC(=NCCc1cn2cccc(C)c2n1)NCCc1ccccc1F.I. The number of guanidine groups is 1. The number of imidazole rings is 1. The van der Waals surface area contributed by atoms with Crippen LogP contribution in [0, 0.1) is 12.7 Å². The van der Waals surface area contributed by atoms with Gasteiger partial charge in [0.2, 0.25) is 0 Å². The number of aliphatic imine (C=N–C) groups is 1. The van der Waals surface area contributed by atoms with Crippen LogP contribution >= 0.6 is 24.0 Å². The van der Waals surface area contributed by atoms with Gasteiger partial charge in [0.05, 0.1) is 5.69 Å². The molecule has 2 aromatic heterocycles. The number of halogens is 2. The highest BCUT2D eigenvalue weighted by atomic mass is 127. The molecule has 0 aliphatic heterocycles. The summed E-state index contributed by atoms with van der Waals surface area (Å²) in [6.45, 7) is 6.13. The van der Waals surface area contributed by atoms with E-state index in [-0.39, 0.29) is 29.8 Å². The second-order valence-corrected chi connectivity index (χ2v) is 6.43. The number of aryl methyl sites for hydroxylation is 1. The quantitative estimate of drug-likeness (QED) is 0.299. The van der Waals surface area contributed by atoms with E-state index in [2.05, 4.69) is 39.8 Å². The van der Waals surface area contributed by atoms with E-state index in [1.54, 1.807) is 6.07 Å². The Morgan fingerprint density at radius 3 is 2.71 bits per heavy atom. The minimum atomic E-state index is -0.164. The summed E-state index contributed by atoms with van der Waals surface area (Å²) in [5, 5.41) is 6.49. The van der Waals surface area contributed by atoms with Crippen LogP contribution in [0.5, 0.6) is 0 Å². The Kier molecular flexibility index (Phi) is 8.69. The zero-order valence-corrected chi connectivity index (χ0v) is 18.6. The Morgan fingerprint density at radius 2 is 1.96 bits per heavy atom. The third-order valence-electron chi connectivity index (χ3n) is 4.35. The molecule has 0 aliphatic carbocycles. The van der Waals surface area contributed by atoms with Gasteiger partial charge < -0.3 is 15.0 Å². The summed E-state index contributed by atoms with van der Waals surface area (Å²) in [5.74, 6) is 0.581. The molecule has 0 fully saturated rings. The van der Waals surface area contributed by atoms with E-state index in [9.17, 15) is 4.39 Å². The molecule has 2 N–H and O–H groups in total. The molecule has 28 heavy (non-hydrogen) atoms. The molecule has 0 saturated heterocycles. The first-order valence-electron chi connectivity index (χ1n) is 9.36. The number of nitrogens with one attached hydrogen (secondary N) is 2. The van der Waals surface area contributed by atoms with Crippen LogP contribution in [0.2, 0.25) is 0 Å². The fourth-order valence-electron chi connectivity index (χ4n) is 2.97. The lowest BCUT2D eigenvalue weighted by Gasteiger charge is -2.11. The average Bonchev–Trinajstić information content (AvgIpc) is 3.08. The molecule has 2 heterocycles. The van der Waals surface area contributed by atoms with Crippen molar-refractivity contribution in [2.45, 2.75) is 26.7 Å². The molecule has 0 radical (unpaired) electrons. The molecule has 0 bridgehead atoms. The van der Waals surface area contributed by atoms with Gasteiger partial charge in [0.1, 0.15) is 11.5 Å². The second kappa shape index (κ2) is 11.0. The zero-order chi connectivity index (χ0) is 19.1. The molecule has 0 aliphatic rings. The van der Waals surface area contributed by atoms with Gasteiger partial charge in [-0.15, -0.1) is 24.0 Å². The van der Waals surface area contributed by atoms with Crippen molar-refractivity contribution >= 4 is 35.6 Å². The van der Waals surface area contributed by atoms with Crippen molar-refractivity contribution in [1.82, 2.24) is 20.0 Å². The molecular weight excluding hydrogens is 468 g/mol. The molecule has 3 aromatic rings. The first-order chi connectivity index (χ1) is 13.2. The maximum absolute atomic E-state index is 13.7. The molecule has 0 unspecified atom stereocenters. The summed E-state index contributed by atoms with van der Waals surface area (Å²) in [7, 11) is 0. The van der Waals surface area contributed by atoms with Crippen molar-refractivity contribution in [2.75, 3.05) is 19.6 Å². The molecular formula is C21H27FIN5. The number of hydrogen-bond acceptors (Lipinski definition) is 2. The van der Waals surface area contributed by atoms with Crippen molar-refractivity contribution in [3.05, 3.63) is 71.4 Å². The van der Waals surface area contributed by atoms with Crippen molar-refractivity contribution in [3.8, 4) is 0 Å². The predicted molar refractivity (Wildman–Crippen MR) is 123 cm³/mol. The van der Waals surface area contributed by atoms with Gasteiger partial charge in [0, 0.05) is 38.4 Å². The number of pyridine rings is 1. The zero-order valence-electron chi connectivity index (χ0n) is 16.3. The Morgan fingerprint density at radius 1 is 1.14 bits per heavy atom. The van der Waals surface area contributed by atoms with E-state index in [1.165, 1.54) is 6.07 Å². The summed E-state index contributed by atoms with van der Waals surface area (Å²) in [5.41, 5.74) is 3.89. The third kappa shape index (κ3) is 5.92. The molecule has 0 atom stereocenters. The summed E-state index contributed by atoms with van der Waals surface area (Å²) in [6, 6.07) is 11.0. The highest BCUT2D eigenvalue weighted by Gasteiger charge is 2.04. The van der Waals surface area contributed by atoms with Gasteiger partial charge >= 0.3 is 0 Å². The average molecular weight is 495 g/mol. The fraction of sp³-hybridized carbons (Fsp3) is 0.333. The standard InChI is InChI=1S/C21H26FN5.HI/c1-3-23-21(24-12-10-17-8-4-5-9-19(17)22)25-13-11-18-15-27-14-6-7-16(2)20(27)26-18;/h4-9,14-15H,3,10-13H2,1-2H3,(H2,23,24,25);1H.